The number of nitriles is 4. The van der Waals surface area contributed by atoms with Gasteiger partial charge in [-0.2, -0.15) is 21.0 Å². The summed E-state index contributed by atoms with van der Waals surface area (Å²) in [6.45, 7) is 0. The van der Waals surface area contributed by atoms with E-state index in [9.17, 15) is 29.8 Å². The first-order chi connectivity index (χ1) is 19.4. The van der Waals surface area contributed by atoms with Crippen LogP contribution < -0.4 is 0 Å². The predicted molar refractivity (Wildman–Crippen MR) is 138 cm³/mol. The van der Waals surface area contributed by atoms with E-state index in [1.165, 1.54) is 36.4 Å². The average Bonchev–Trinajstić information content (AvgIpc) is 3.42. The van der Waals surface area contributed by atoms with Crippen molar-refractivity contribution >= 4 is 33.2 Å². The average molecular weight is 518 g/mol. The molecular formula is C30H8F2N8. The standard InChI is InChI=1S/C30H8F2N8/c31-15-1-3-17-19(5-15)25(13(9-33)10-34)29-27(17)37-21-7-24-22(8-23(21)39-29)38-28-18-4-2-16(32)6-20(18)26(30(28)40-24)14(11-35)12-36/h1-8H. The number of halogens is 2. The Balaban J connectivity index is 1.54. The number of rotatable bonds is 0. The molecule has 0 radical (unpaired) electrons. The first kappa shape index (κ1) is 22.8. The number of allylic oxidation sites excluding steroid dienone is 2. The molecule has 0 bridgehead atoms. The Morgan fingerprint density at radius 2 is 0.825 bits per heavy atom. The maximum atomic E-state index is 14.2. The first-order valence-corrected chi connectivity index (χ1v) is 11.7. The summed E-state index contributed by atoms with van der Waals surface area (Å²) in [5, 5.41) is 38.3. The lowest BCUT2D eigenvalue weighted by atomic mass is 10.0. The Hall–Kier alpha value is -6.36. The van der Waals surface area contributed by atoms with Crippen molar-refractivity contribution in [2.24, 2.45) is 0 Å². The molecule has 2 aliphatic carbocycles. The summed E-state index contributed by atoms with van der Waals surface area (Å²) >= 11 is 0. The lowest BCUT2D eigenvalue weighted by molar-refractivity contribution is 0.627. The molecule has 0 spiro atoms. The van der Waals surface area contributed by atoms with Crippen LogP contribution in [0.1, 0.15) is 22.5 Å². The predicted octanol–water partition coefficient (Wildman–Crippen LogP) is 5.51. The van der Waals surface area contributed by atoms with Crippen molar-refractivity contribution in [3.8, 4) is 46.8 Å². The fourth-order valence-corrected chi connectivity index (χ4v) is 5.23. The highest BCUT2D eigenvalue weighted by molar-refractivity contribution is 6.06. The summed E-state index contributed by atoms with van der Waals surface area (Å²) in [7, 11) is 0. The Kier molecular flexibility index (Phi) is 4.60. The summed E-state index contributed by atoms with van der Waals surface area (Å²) in [4.78, 5) is 18.9. The van der Waals surface area contributed by atoms with Crippen LogP contribution >= 0.6 is 0 Å². The molecule has 0 amide bonds. The molecule has 2 aliphatic rings. The fourth-order valence-electron chi connectivity index (χ4n) is 5.23. The summed E-state index contributed by atoms with van der Waals surface area (Å²) in [6.07, 6.45) is 0. The van der Waals surface area contributed by atoms with Crippen LogP contribution in [0.2, 0.25) is 0 Å². The molecule has 0 N–H and O–H groups in total. The number of benzene rings is 3. The minimum atomic E-state index is -0.532. The van der Waals surface area contributed by atoms with Crippen molar-refractivity contribution in [1.29, 1.82) is 21.0 Å². The Morgan fingerprint density at radius 3 is 1.18 bits per heavy atom. The molecule has 0 saturated carbocycles. The smallest absolute Gasteiger partial charge is 0.139 e. The Bertz CT molecular complexity index is 2090. The van der Waals surface area contributed by atoms with Gasteiger partial charge in [-0.1, -0.05) is 0 Å². The van der Waals surface area contributed by atoms with Crippen molar-refractivity contribution in [3.05, 3.63) is 93.8 Å². The lowest BCUT2D eigenvalue weighted by Gasteiger charge is -2.07. The van der Waals surface area contributed by atoms with Gasteiger partial charge in [0.1, 0.15) is 47.1 Å². The Morgan fingerprint density at radius 1 is 0.475 bits per heavy atom. The molecule has 182 valence electrons. The van der Waals surface area contributed by atoms with Gasteiger partial charge in [0.05, 0.1) is 44.8 Å². The molecule has 2 heterocycles. The fraction of sp³-hybridized carbons (Fsp3) is 0. The van der Waals surface area contributed by atoms with Gasteiger partial charge in [-0.05, 0) is 59.7 Å². The van der Waals surface area contributed by atoms with Crippen LogP contribution in [-0.4, -0.2) is 19.9 Å². The van der Waals surface area contributed by atoms with E-state index < -0.39 is 11.6 Å². The van der Waals surface area contributed by atoms with Gasteiger partial charge in [0.15, 0.2) is 0 Å². The van der Waals surface area contributed by atoms with Gasteiger partial charge < -0.3 is 0 Å². The van der Waals surface area contributed by atoms with Gasteiger partial charge in [0.25, 0.3) is 0 Å². The van der Waals surface area contributed by atoms with Crippen molar-refractivity contribution in [3.63, 3.8) is 0 Å². The van der Waals surface area contributed by atoms with Gasteiger partial charge in [-0.25, -0.2) is 28.7 Å². The topological polar surface area (TPSA) is 147 Å². The summed E-state index contributed by atoms with van der Waals surface area (Å²) < 4.78 is 28.3. The number of nitrogens with zero attached hydrogens (tertiary/aromatic N) is 8. The zero-order chi connectivity index (χ0) is 27.7. The van der Waals surface area contributed by atoms with Crippen molar-refractivity contribution in [2.45, 2.75) is 0 Å². The highest BCUT2D eigenvalue weighted by Gasteiger charge is 2.32. The van der Waals surface area contributed by atoms with E-state index in [4.69, 9.17) is 19.9 Å². The van der Waals surface area contributed by atoms with E-state index in [0.717, 1.165) is 0 Å². The van der Waals surface area contributed by atoms with Crippen molar-refractivity contribution < 1.29 is 8.78 Å². The zero-order valence-electron chi connectivity index (χ0n) is 20.0. The minimum absolute atomic E-state index is 0.204. The van der Waals surface area contributed by atoms with E-state index in [1.807, 2.05) is 24.3 Å². The van der Waals surface area contributed by atoms with Gasteiger partial charge in [-0.15, -0.1) is 0 Å². The summed E-state index contributed by atoms with van der Waals surface area (Å²) in [5.41, 5.74) is 4.67. The molecule has 5 aromatic rings. The van der Waals surface area contributed by atoms with E-state index >= 15 is 0 Å². The van der Waals surface area contributed by atoms with Gasteiger partial charge >= 0.3 is 0 Å². The van der Waals surface area contributed by atoms with Crippen LogP contribution in [0.5, 0.6) is 0 Å². The molecule has 2 aromatic heterocycles. The molecule has 0 unspecified atom stereocenters. The van der Waals surface area contributed by atoms with E-state index in [0.29, 0.717) is 55.7 Å². The second-order valence-electron chi connectivity index (χ2n) is 9.00. The largest absolute Gasteiger partial charge is 0.244 e. The van der Waals surface area contributed by atoms with Crippen LogP contribution in [0.4, 0.5) is 8.78 Å². The third kappa shape index (κ3) is 2.99. The van der Waals surface area contributed by atoms with Crippen LogP contribution in [0.25, 0.3) is 55.7 Å². The maximum Gasteiger partial charge on any atom is 0.139 e. The van der Waals surface area contributed by atoms with Gasteiger partial charge in [0.2, 0.25) is 0 Å². The normalized spacial score (nSPS) is 12.1. The second-order valence-corrected chi connectivity index (χ2v) is 9.00. The molecule has 3 aromatic carbocycles. The SMILES string of the molecule is N#CC(C#N)=C1c2cc(F)ccc2-c2nc3cc4nc5c(nc4cc3nc21)-c1ccc(F)cc1C5=C(C#N)C#N. The number of fused-ring (bicyclic) bond motifs is 8. The van der Waals surface area contributed by atoms with Crippen LogP contribution in [-0.2, 0) is 0 Å². The lowest BCUT2D eigenvalue weighted by Crippen LogP contribution is -1.98. The van der Waals surface area contributed by atoms with Crippen molar-refractivity contribution in [2.75, 3.05) is 0 Å². The van der Waals surface area contributed by atoms with Gasteiger partial charge in [-0.3, -0.25) is 0 Å². The molecule has 0 aliphatic heterocycles. The highest BCUT2D eigenvalue weighted by Crippen LogP contribution is 2.46. The molecular weight excluding hydrogens is 510 g/mol. The molecule has 8 nitrogen and oxygen atoms in total. The van der Waals surface area contributed by atoms with Crippen LogP contribution in [0.3, 0.4) is 0 Å². The highest BCUT2D eigenvalue weighted by atomic mass is 19.1. The minimum Gasteiger partial charge on any atom is -0.244 e. The van der Waals surface area contributed by atoms with Crippen molar-refractivity contribution in [1.82, 2.24) is 19.9 Å². The quantitative estimate of drug-likeness (QED) is 0.189. The molecule has 0 fully saturated rings. The summed E-state index contributed by atoms with van der Waals surface area (Å²) in [5.74, 6) is -1.06. The van der Waals surface area contributed by atoms with Crippen LogP contribution in [0, 0.1) is 57.0 Å². The number of hydrogen-bond donors (Lipinski definition) is 0. The second kappa shape index (κ2) is 8.07. The van der Waals surface area contributed by atoms with E-state index in [2.05, 4.69) is 0 Å². The molecule has 40 heavy (non-hydrogen) atoms. The number of aromatic nitrogens is 4. The molecule has 0 saturated heterocycles. The van der Waals surface area contributed by atoms with Crippen LogP contribution in [0.15, 0.2) is 59.7 Å². The number of hydrogen-bond acceptors (Lipinski definition) is 8. The molecule has 7 rings (SSSR count). The monoisotopic (exact) mass is 518 g/mol. The third-order valence-electron chi connectivity index (χ3n) is 6.88. The maximum absolute atomic E-state index is 14.2. The molecule has 0 atom stereocenters. The van der Waals surface area contributed by atoms with Gasteiger partial charge in [0, 0.05) is 22.3 Å². The van der Waals surface area contributed by atoms with E-state index in [1.54, 1.807) is 12.1 Å². The Labute approximate surface area is 223 Å². The molecule has 10 heteroatoms. The summed E-state index contributed by atoms with van der Waals surface area (Å²) in [6, 6.07) is 18.8. The first-order valence-electron chi connectivity index (χ1n) is 11.7. The third-order valence-corrected chi connectivity index (χ3v) is 6.88. The van der Waals surface area contributed by atoms with E-state index in [-0.39, 0.29) is 33.7 Å². The zero-order valence-corrected chi connectivity index (χ0v) is 20.0.